The van der Waals surface area contributed by atoms with Crippen molar-refractivity contribution in [2.75, 3.05) is 0 Å². The second-order valence-electron chi connectivity index (χ2n) is 4.23. The summed E-state index contributed by atoms with van der Waals surface area (Å²) in [6, 6.07) is 8.76. The van der Waals surface area contributed by atoms with Gasteiger partial charge >= 0.3 is 6.18 Å². The van der Waals surface area contributed by atoms with Crippen molar-refractivity contribution in [1.82, 2.24) is 4.98 Å². The highest BCUT2D eigenvalue weighted by Gasteiger charge is 2.34. The smallest absolute Gasteiger partial charge is 0.347 e. The number of halogens is 3. The lowest BCUT2D eigenvalue weighted by Gasteiger charge is -2.04. The van der Waals surface area contributed by atoms with Crippen LogP contribution in [-0.2, 0) is 6.18 Å². The van der Waals surface area contributed by atoms with Crippen molar-refractivity contribution in [3.63, 3.8) is 0 Å². The molecular weight excluding hydrogens is 269 g/mol. The molecule has 1 heterocycles. The number of alkyl halides is 3. The first kappa shape index (κ1) is 13.9. The number of carbonyl (C=O) groups excluding carboxylic acids is 1. The Kier molecular flexibility index (Phi) is 3.36. The lowest BCUT2D eigenvalue weighted by atomic mass is 10.0. The zero-order valence-electron chi connectivity index (χ0n) is 10.4. The number of rotatable bonds is 2. The average Bonchev–Trinajstić information content (AvgIpc) is 2.82. The summed E-state index contributed by atoms with van der Waals surface area (Å²) in [4.78, 5) is 14.2. The van der Waals surface area contributed by atoms with Crippen molar-refractivity contribution in [2.45, 2.75) is 13.1 Å². The lowest BCUT2D eigenvalue weighted by Crippen LogP contribution is -2.08. The van der Waals surface area contributed by atoms with Crippen LogP contribution in [0.3, 0.4) is 0 Å². The van der Waals surface area contributed by atoms with Crippen LogP contribution in [0.4, 0.5) is 13.2 Å². The highest BCUT2D eigenvalue weighted by molar-refractivity contribution is 6.10. The summed E-state index contributed by atoms with van der Waals surface area (Å²) in [7, 11) is 0. The van der Waals surface area contributed by atoms with Gasteiger partial charge in [0.2, 0.25) is 5.78 Å². The number of ketones is 1. The number of carbonyl (C=O) groups is 1. The molecule has 102 valence electrons. The highest BCUT2D eigenvalue weighted by Crippen LogP contribution is 2.30. The molecule has 0 saturated heterocycles. The van der Waals surface area contributed by atoms with E-state index in [0.717, 1.165) is 0 Å². The Labute approximate surface area is 112 Å². The fraction of sp³-hybridized carbons (Fsp3) is 0.143. The Hall–Kier alpha value is -2.55. The number of benzene rings is 1. The molecule has 2 aromatic rings. The van der Waals surface area contributed by atoms with Gasteiger partial charge in [-0.25, -0.2) is 0 Å². The maximum absolute atomic E-state index is 12.6. The summed E-state index contributed by atoms with van der Waals surface area (Å²) in [5.41, 5.74) is -0.866. The van der Waals surface area contributed by atoms with Gasteiger partial charge in [0, 0.05) is 5.56 Å². The van der Waals surface area contributed by atoms with E-state index in [9.17, 15) is 18.0 Å². The first-order chi connectivity index (χ1) is 9.34. The van der Waals surface area contributed by atoms with E-state index in [1.54, 1.807) is 31.2 Å². The van der Waals surface area contributed by atoms with Crippen LogP contribution in [0.5, 0.6) is 0 Å². The van der Waals surface area contributed by atoms with Gasteiger partial charge in [-0.1, -0.05) is 24.3 Å². The number of nitrogens with one attached hydrogen (secondary N) is 1. The van der Waals surface area contributed by atoms with Crippen molar-refractivity contribution < 1.29 is 18.0 Å². The molecule has 2 rings (SSSR count). The van der Waals surface area contributed by atoms with E-state index >= 15 is 0 Å². The summed E-state index contributed by atoms with van der Waals surface area (Å²) in [5, 5.41) is 8.87. The first-order valence-corrected chi connectivity index (χ1v) is 5.65. The summed E-state index contributed by atoms with van der Waals surface area (Å²) < 4.78 is 37.8. The third-order valence-corrected chi connectivity index (χ3v) is 2.86. The largest absolute Gasteiger partial charge is 0.431 e. The van der Waals surface area contributed by atoms with Crippen LogP contribution in [0.15, 0.2) is 30.3 Å². The zero-order valence-corrected chi connectivity index (χ0v) is 10.4. The lowest BCUT2D eigenvalue weighted by molar-refractivity contribution is -0.140. The quantitative estimate of drug-likeness (QED) is 0.855. The van der Waals surface area contributed by atoms with Crippen LogP contribution in [0.2, 0.25) is 0 Å². The number of aromatic amines is 1. The van der Waals surface area contributed by atoms with Gasteiger partial charge in [0.25, 0.3) is 0 Å². The maximum atomic E-state index is 12.6. The predicted molar refractivity (Wildman–Crippen MR) is 65.1 cm³/mol. The van der Waals surface area contributed by atoms with Gasteiger partial charge in [-0.2, -0.15) is 18.4 Å². The standard InChI is InChI=1S/C14H9F3N2O/c1-8-4-2-3-5-10(8)13(20)12-9(7-18)6-11(19-12)14(15,16)17/h2-6,19H,1H3. The molecule has 0 atom stereocenters. The van der Waals surface area contributed by atoms with Crippen LogP contribution in [0.1, 0.15) is 32.9 Å². The predicted octanol–water partition coefficient (Wildman–Crippen LogP) is 3.44. The number of nitriles is 1. The van der Waals surface area contributed by atoms with Gasteiger partial charge in [-0.3, -0.25) is 4.79 Å². The van der Waals surface area contributed by atoms with Crippen LogP contribution >= 0.6 is 0 Å². The SMILES string of the molecule is Cc1ccccc1C(=O)c1[nH]c(C(F)(F)F)cc1C#N. The van der Waals surface area contributed by atoms with E-state index in [-0.39, 0.29) is 16.8 Å². The van der Waals surface area contributed by atoms with E-state index in [1.165, 1.54) is 6.07 Å². The fourth-order valence-electron chi connectivity index (χ4n) is 1.84. The number of aromatic nitrogens is 1. The van der Waals surface area contributed by atoms with Crippen molar-refractivity contribution in [3.05, 3.63) is 58.4 Å². The summed E-state index contributed by atoms with van der Waals surface area (Å²) in [6.45, 7) is 1.67. The molecule has 0 aliphatic heterocycles. The average molecular weight is 278 g/mol. The van der Waals surface area contributed by atoms with Crippen molar-refractivity contribution in [1.29, 1.82) is 5.26 Å². The Balaban J connectivity index is 2.54. The second-order valence-corrected chi connectivity index (χ2v) is 4.23. The zero-order chi connectivity index (χ0) is 14.9. The molecule has 0 fully saturated rings. The topological polar surface area (TPSA) is 56.6 Å². The van der Waals surface area contributed by atoms with Crippen molar-refractivity contribution in [3.8, 4) is 6.07 Å². The molecular formula is C14H9F3N2O. The molecule has 3 nitrogen and oxygen atoms in total. The first-order valence-electron chi connectivity index (χ1n) is 5.65. The van der Waals surface area contributed by atoms with E-state index in [2.05, 4.69) is 0 Å². The molecule has 0 amide bonds. The number of aryl methyl sites for hydroxylation is 1. The molecule has 1 aromatic heterocycles. The molecule has 0 aliphatic carbocycles. The third-order valence-electron chi connectivity index (χ3n) is 2.86. The molecule has 6 heteroatoms. The number of hydrogen-bond donors (Lipinski definition) is 1. The summed E-state index contributed by atoms with van der Waals surface area (Å²) in [5.74, 6) is -0.629. The Morgan fingerprint density at radius 3 is 2.50 bits per heavy atom. The van der Waals surface area contributed by atoms with Gasteiger partial charge in [-0.15, -0.1) is 0 Å². The molecule has 0 radical (unpaired) electrons. The molecule has 0 bridgehead atoms. The normalized spacial score (nSPS) is 11.2. The summed E-state index contributed by atoms with van der Waals surface area (Å²) >= 11 is 0. The van der Waals surface area contributed by atoms with E-state index in [0.29, 0.717) is 11.6 Å². The van der Waals surface area contributed by atoms with Gasteiger partial charge < -0.3 is 4.98 Å². The van der Waals surface area contributed by atoms with Crippen LogP contribution in [-0.4, -0.2) is 10.8 Å². The molecule has 1 N–H and O–H groups in total. The number of H-pyrrole nitrogens is 1. The van der Waals surface area contributed by atoms with Crippen molar-refractivity contribution in [2.24, 2.45) is 0 Å². The molecule has 0 aliphatic rings. The maximum Gasteiger partial charge on any atom is 0.431 e. The fourth-order valence-corrected chi connectivity index (χ4v) is 1.84. The van der Waals surface area contributed by atoms with Gasteiger partial charge in [0.15, 0.2) is 0 Å². The van der Waals surface area contributed by atoms with Crippen LogP contribution in [0, 0.1) is 18.3 Å². The Bertz CT molecular complexity index is 708. The minimum absolute atomic E-state index is 0.263. The molecule has 1 aromatic carbocycles. The van der Waals surface area contributed by atoms with Gasteiger partial charge in [0.1, 0.15) is 17.5 Å². The van der Waals surface area contributed by atoms with Gasteiger partial charge in [-0.05, 0) is 18.6 Å². The molecule has 20 heavy (non-hydrogen) atoms. The minimum atomic E-state index is -4.63. The van der Waals surface area contributed by atoms with Gasteiger partial charge in [0.05, 0.1) is 5.56 Å². The third kappa shape index (κ3) is 2.43. The molecule has 0 unspecified atom stereocenters. The molecule has 0 saturated carbocycles. The molecule has 0 spiro atoms. The number of nitrogens with zero attached hydrogens (tertiary/aromatic N) is 1. The van der Waals surface area contributed by atoms with Crippen molar-refractivity contribution >= 4 is 5.78 Å². The second kappa shape index (κ2) is 4.85. The summed E-state index contributed by atoms with van der Waals surface area (Å²) in [6.07, 6.45) is -4.63. The van der Waals surface area contributed by atoms with E-state index < -0.39 is 17.7 Å². The van der Waals surface area contributed by atoms with Crippen LogP contribution < -0.4 is 0 Å². The highest BCUT2D eigenvalue weighted by atomic mass is 19.4. The Morgan fingerprint density at radius 1 is 1.30 bits per heavy atom. The number of hydrogen-bond acceptors (Lipinski definition) is 2. The van der Waals surface area contributed by atoms with Crippen LogP contribution in [0.25, 0.3) is 0 Å². The monoisotopic (exact) mass is 278 g/mol. The van der Waals surface area contributed by atoms with E-state index in [4.69, 9.17) is 5.26 Å². The minimum Gasteiger partial charge on any atom is -0.347 e. The Morgan fingerprint density at radius 2 is 1.95 bits per heavy atom. The van der Waals surface area contributed by atoms with E-state index in [1.807, 2.05) is 4.98 Å².